The highest BCUT2D eigenvalue weighted by atomic mass is 19.1. The number of aliphatic carboxylic acids is 1. The second-order valence-corrected chi connectivity index (χ2v) is 10.2. The summed E-state index contributed by atoms with van der Waals surface area (Å²) >= 11 is 0. The molecule has 41 heavy (non-hydrogen) atoms. The van der Waals surface area contributed by atoms with E-state index in [-0.39, 0.29) is 31.2 Å². The Balaban J connectivity index is 1.86. The quantitative estimate of drug-likeness (QED) is 0.162. The Morgan fingerprint density at radius 1 is 0.927 bits per heavy atom. The molecule has 0 aliphatic heterocycles. The van der Waals surface area contributed by atoms with Crippen molar-refractivity contribution in [3.05, 3.63) is 102 Å². The molecule has 0 aliphatic carbocycles. The van der Waals surface area contributed by atoms with Gasteiger partial charge in [0.05, 0.1) is 29.9 Å². The molecule has 1 heterocycles. The summed E-state index contributed by atoms with van der Waals surface area (Å²) in [7, 11) is 0. The summed E-state index contributed by atoms with van der Waals surface area (Å²) in [5.41, 5.74) is 4.54. The zero-order chi connectivity index (χ0) is 31.1. The van der Waals surface area contributed by atoms with Crippen LogP contribution in [0.5, 0.6) is 0 Å². The van der Waals surface area contributed by atoms with Crippen molar-refractivity contribution in [3.8, 4) is 22.4 Å². The van der Waals surface area contributed by atoms with Gasteiger partial charge < -0.3 is 25.2 Å². The monoisotopic (exact) mass is 560 g/mol. The third-order valence-electron chi connectivity index (χ3n) is 6.82. The van der Waals surface area contributed by atoms with Crippen LogP contribution in [0, 0.1) is 5.82 Å². The van der Waals surface area contributed by atoms with Gasteiger partial charge in [0.2, 0.25) is 0 Å². The number of carbonyl (C=O) groups excluding carboxylic acids is 1. The number of nitrogens with one attached hydrogen (secondary N) is 1. The molecule has 0 saturated carbocycles. The average Bonchev–Trinajstić information content (AvgIpc) is 3.36. The van der Waals surface area contributed by atoms with E-state index < -0.39 is 30.4 Å². The van der Waals surface area contributed by atoms with Gasteiger partial charge in [0.15, 0.2) is 0 Å². The summed E-state index contributed by atoms with van der Waals surface area (Å²) in [5.74, 6) is -2.10. The van der Waals surface area contributed by atoms with Crippen molar-refractivity contribution < 1.29 is 30.7 Å². The SMILES string of the molecule is [2H]OC(=O)C([2H])[C@@H](O)C[C@@H](O)CCn1c(-c2ccc(F)cc2)c(-c2ccccc2)c(C(=O)Nc2ccccc2)c1C(C)C. The van der Waals surface area contributed by atoms with Crippen LogP contribution in [0.3, 0.4) is 0 Å². The van der Waals surface area contributed by atoms with Gasteiger partial charge in [-0.15, -0.1) is 0 Å². The molecule has 7 nitrogen and oxygen atoms in total. The second-order valence-electron chi connectivity index (χ2n) is 10.2. The van der Waals surface area contributed by atoms with Gasteiger partial charge in [0, 0.05) is 24.9 Å². The van der Waals surface area contributed by atoms with Gasteiger partial charge in [-0.2, -0.15) is 0 Å². The number of hydrogen-bond donors (Lipinski definition) is 4. The number of aliphatic hydroxyl groups is 2. The van der Waals surface area contributed by atoms with Gasteiger partial charge in [0.1, 0.15) is 5.82 Å². The van der Waals surface area contributed by atoms with E-state index in [1.807, 2.05) is 66.9 Å². The molecule has 1 unspecified atom stereocenters. The highest BCUT2D eigenvalue weighted by Crippen LogP contribution is 2.42. The third-order valence-corrected chi connectivity index (χ3v) is 6.82. The van der Waals surface area contributed by atoms with E-state index in [1.165, 1.54) is 12.1 Å². The third kappa shape index (κ3) is 7.28. The van der Waals surface area contributed by atoms with Crippen molar-refractivity contribution in [2.45, 2.75) is 57.8 Å². The lowest BCUT2D eigenvalue weighted by Crippen LogP contribution is -2.22. The highest BCUT2D eigenvalue weighted by molar-refractivity contribution is 6.12. The number of halogens is 1. The van der Waals surface area contributed by atoms with Crippen LogP contribution < -0.4 is 5.32 Å². The van der Waals surface area contributed by atoms with Gasteiger partial charge in [-0.3, -0.25) is 9.59 Å². The van der Waals surface area contributed by atoms with Gasteiger partial charge >= 0.3 is 5.97 Å². The summed E-state index contributed by atoms with van der Waals surface area (Å²) in [6.45, 7) is 4.13. The lowest BCUT2D eigenvalue weighted by molar-refractivity contribution is -0.139. The zero-order valence-corrected chi connectivity index (χ0v) is 23.0. The van der Waals surface area contributed by atoms with E-state index in [4.69, 9.17) is 2.80 Å². The van der Waals surface area contributed by atoms with E-state index >= 15 is 0 Å². The smallest absolute Gasteiger partial charge is 0.305 e. The largest absolute Gasteiger partial charge is 0.481 e. The molecule has 0 saturated heterocycles. The Morgan fingerprint density at radius 3 is 2.17 bits per heavy atom. The summed E-state index contributed by atoms with van der Waals surface area (Å²) in [5, 5.41) is 27.9. The van der Waals surface area contributed by atoms with Crippen LogP contribution in [0.4, 0.5) is 10.1 Å². The van der Waals surface area contributed by atoms with E-state index in [9.17, 15) is 24.2 Å². The summed E-state index contributed by atoms with van der Waals surface area (Å²) in [6, 6.07) is 24.5. The van der Waals surface area contributed by atoms with Gasteiger partial charge in [-0.25, -0.2) is 4.39 Å². The maximum absolute atomic E-state index is 14.1. The average molecular weight is 561 g/mol. The van der Waals surface area contributed by atoms with Gasteiger partial charge in [-0.05, 0) is 66.3 Å². The predicted octanol–water partition coefficient (Wildman–Crippen LogP) is 6.31. The second kappa shape index (κ2) is 13.4. The molecule has 4 aromatic rings. The number of carboxylic acids is 1. The number of para-hydroxylation sites is 1. The summed E-state index contributed by atoms with van der Waals surface area (Å²) in [6.07, 6.45) is -4.56. The van der Waals surface area contributed by atoms with E-state index in [0.29, 0.717) is 33.8 Å². The number of rotatable bonds is 12. The lowest BCUT2D eigenvalue weighted by Gasteiger charge is -2.20. The van der Waals surface area contributed by atoms with Crippen molar-refractivity contribution in [1.29, 1.82) is 1.43 Å². The standard InChI is InChI=1S/C33H35FN2O5/c1-21(2)31-30(33(41)35-25-11-7-4-8-12-25)29(22-9-5-3-6-10-22)32(23-13-15-24(34)16-14-23)36(31)18-17-26(37)19-27(38)20-28(39)40/h3-16,21,26-27,37-38H,17-20H2,1-2H3,(H,35,41)(H,39,40)/t26-,27-/m0/s1/i20D/hD/t20?,26-,27-. The Hall–Kier alpha value is -4.27. The summed E-state index contributed by atoms with van der Waals surface area (Å²) < 4.78 is 30.4. The maximum Gasteiger partial charge on any atom is 0.305 e. The van der Waals surface area contributed by atoms with Crippen LogP contribution in [0.2, 0.25) is 0 Å². The normalized spacial score (nSPS) is 14.1. The molecule has 0 spiro atoms. The number of carboxylic acid groups (broad SMARTS) is 1. The first kappa shape index (κ1) is 26.9. The molecular formula is C33H35FN2O5. The number of hydrogen-bond acceptors (Lipinski definition) is 5. The first-order valence-corrected chi connectivity index (χ1v) is 13.5. The molecule has 4 rings (SSSR count). The van der Waals surface area contributed by atoms with Crippen LogP contribution >= 0.6 is 0 Å². The molecule has 1 aromatic heterocycles. The van der Waals surface area contributed by atoms with Crippen LogP contribution in [0.25, 0.3) is 23.8 Å². The Labute approximate surface area is 241 Å². The van der Waals surface area contributed by atoms with E-state index in [1.54, 1.807) is 24.3 Å². The molecule has 0 radical (unpaired) electrons. The Bertz CT molecular complexity index is 1530. The topological polar surface area (TPSA) is 112 Å². The first-order valence-electron chi connectivity index (χ1n) is 14.5. The molecule has 3 aromatic carbocycles. The predicted molar refractivity (Wildman–Crippen MR) is 157 cm³/mol. The molecule has 0 aliphatic rings. The minimum atomic E-state index is -1.72. The molecule has 3 atom stereocenters. The molecule has 0 bridgehead atoms. The molecule has 8 heteroatoms. The number of aliphatic hydroxyl groups excluding tert-OH is 2. The number of aromatic nitrogens is 1. The van der Waals surface area contributed by atoms with Crippen LogP contribution in [-0.4, -0.2) is 44.0 Å². The van der Waals surface area contributed by atoms with Gasteiger partial charge in [0.25, 0.3) is 7.34 Å². The molecule has 1 amide bonds. The number of amides is 1. The number of benzene rings is 3. The molecular weight excluding hydrogens is 523 g/mol. The lowest BCUT2D eigenvalue weighted by atomic mass is 9.94. The molecule has 0 fully saturated rings. The Kier molecular flexibility index (Phi) is 8.79. The van der Waals surface area contributed by atoms with Crippen LogP contribution in [0.1, 0.15) is 56.4 Å². The van der Waals surface area contributed by atoms with Gasteiger partial charge in [-0.1, -0.05) is 62.4 Å². The number of anilines is 1. The van der Waals surface area contributed by atoms with Crippen LogP contribution in [0.15, 0.2) is 84.9 Å². The fourth-order valence-corrected chi connectivity index (χ4v) is 5.11. The maximum atomic E-state index is 14.1. The minimum Gasteiger partial charge on any atom is -0.481 e. The number of nitrogens with zero attached hydrogens (tertiary/aromatic N) is 1. The van der Waals surface area contributed by atoms with E-state index in [0.717, 1.165) is 5.56 Å². The zero-order valence-electron chi connectivity index (χ0n) is 25.0. The van der Waals surface area contributed by atoms with Crippen molar-refractivity contribution in [1.82, 2.24) is 4.57 Å². The van der Waals surface area contributed by atoms with Crippen molar-refractivity contribution in [2.24, 2.45) is 0 Å². The molecule has 214 valence electrons. The van der Waals surface area contributed by atoms with Crippen molar-refractivity contribution in [3.63, 3.8) is 0 Å². The minimum absolute atomic E-state index is 0.107. The highest BCUT2D eigenvalue weighted by Gasteiger charge is 2.31. The summed E-state index contributed by atoms with van der Waals surface area (Å²) in [4.78, 5) is 25.6. The Morgan fingerprint density at radius 2 is 1.56 bits per heavy atom. The van der Waals surface area contributed by atoms with Crippen LogP contribution in [-0.2, 0) is 11.3 Å². The fourth-order valence-electron chi connectivity index (χ4n) is 5.11. The first-order chi connectivity index (χ1) is 20.6. The fraction of sp³-hybridized carbons (Fsp3) is 0.273. The van der Waals surface area contributed by atoms with Crippen molar-refractivity contribution in [2.75, 3.05) is 5.32 Å². The van der Waals surface area contributed by atoms with Crippen molar-refractivity contribution >= 4 is 17.6 Å². The molecule has 4 N–H and O–H groups in total. The number of carbonyl (C=O) groups is 2. The van der Waals surface area contributed by atoms with E-state index in [2.05, 4.69) is 10.4 Å².